The van der Waals surface area contributed by atoms with E-state index in [9.17, 15) is 10.5 Å². The van der Waals surface area contributed by atoms with Gasteiger partial charge in [0.05, 0.1) is 0 Å². The number of unbranched alkanes of at least 4 members (excludes halogenated alkanes) is 3. The van der Waals surface area contributed by atoms with Crippen LogP contribution in [0.2, 0.25) is 13.3 Å². The van der Waals surface area contributed by atoms with Gasteiger partial charge in [0.25, 0.3) is 0 Å². The van der Waals surface area contributed by atoms with Crippen LogP contribution in [0.5, 0.6) is 0 Å². The Kier molecular flexibility index (Phi) is 10.3. The van der Waals surface area contributed by atoms with E-state index in [0.717, 1.165) is 0 Å². The van der Waals surface area contributed by atoms with E-state index in [1.165, 1.54) is 51.8 Å². The van der Waals surface area contributed by atoms with Gasteiger partial charge in [-0.25, -0.2) is 0 Å². The van der Waals surface area contributed by atoms with Crippen molar-refractivity contribution in [3.8, 4) is 12.4 Å². The predicted molar refractivity (Wildman–Crippen MR) is 78.0 cm³/mol. The van der Waals surface area contributed by atoms with Gasteiger partial charge in [0, 0.05) is 0 Å². The summed E-state index contributed by atoms with van der Waals surface area (Å²) in [6, 6.07) is 0. The van der Waals surface area contributed by atoms with Gasteiger partial charge in [0.1, 0.15) is 0 Å². The van der Waals surface area contributed by atoms with Crippen molar-refractivity contribution in [2.24, 2.45) is 0 Å². The fourth-order valence-corrected chi connectivity index (χ4v) is 16.4. The minimum absolute atomic E-state index is 1.17. The van der Waals surface area contributed by atoms with E-state index in [1.54, 1.807) is 3.12 Å². The average molecular weight is 356 g/mol. The van der Waals surface area contributed by atoms with Gasteiger partial charge in [-0.2, -0.15) is 0 Å². The first-order valence-electron chi connectivity index (χ1n) is 7.30. The van der Waals surface area contributed by atoms with Crippen molar-refractivity contribution < 1.29 is 0 Å². The third-order valence-corrected chi connectivity index (χ3v) is 17.9. The molecule has 0 aliphatic rings. The Morgan fingerprint density at radius 3 is 1.33 bits per heavy atom. The van der Waals surface area contributed by atoms with Crippen molar-refractivity contribution in [1.82, 2.24) is 3.12 Å². The van der Waals surface area contributed by atoms with Crippen molar-refractivity contribution in [2.45, 2.75) is 72.6 Å². The van der Waals surface area contributed by atoms with E-state index in [2.05, 4.69) is 33.2 Å². The molecular formula is C14H27N3Sn. The van der Waals surface area contributed by atoms with Gasteiger partial charge in [0.15, 0.2) is 0 Å². The SMILES string of the molecule is CCC[CH2][Sn]([CH2]CCC)([CH2]CCC)[N](C#N)C#N. The van der Waals surface area contributed by atoms with Crippen molar-refractivity contribution in [1.29, 1.82) is 10.5 Å². The summed E-state index contributed by atoms with van der Waals surface area (Å²) < 4.78 is 5.10. The second-order valence-corrected chi connectivity index (χ2v) is 17.6. The molecule has 4 heteroatoms. The number of hydrogen-bond acceptors (Lipinski definition) is 3. The molecule has 0 rings (SSSR count). The van der Waals surface area contributed by atoms with Crippen LogP contribution in [0.3, 0.4) is 0 Å². The third-order valence-electron chi connectivity index (χ3n) is 3.66. The van der Waals surface area contributed by atoms with Crippen LogP contribution in [0, 0.1) is 22.9 Å². The monoisotopic (exact) mass is 357 g/mol. The fourth-order valence-electron chi connectivity index (χ4n) is 2.46. The Morgan fingerprint density at radius 1 is 0.778 bits per heavy atom. The van der Waals surface area contributed by atoms with Crippen LogP contribution in [0.25, 0.3) is 0 Å². The van der Waals surface area contributed by atoms with Crippen LogP contribution in [0.4, 0.5) is 0 Å². The van der Waals surface area contributed by atoms with Crippen LogP contribution in [0.1, 0.15) is 59.3 Å². The molecule has 0 saturated heterocycles. The van der Waals surface area contributed by atoms with E-state index < -0.39 is 18.7 Å². The zero-order chi connectivity index (χ0) is 13.9. The molecule has 0 aromatic heterocycles. The quantitative estimate of drug-likeness (QED) is 0.327. The zero-order valence-corrected chi connectivity index (χ0v) is 15.1. The molecule has 102 valence electrons. The molecule has 0 amide bonds. The van der Waals surface area contributed by atoms with Gasteiger partial charge in [-0.3, -0.25) is 0 Å². The molecule has 0 saturated carbocycles. The van der Waals surface area contributed by atoms with Gasteiger partial charge in [-0.1, -0.05) is 0 Å². The van der Waals surface area contributed by atoms with E-state index in [1.807, 2.05) is 0 Å². The van der Waals surface area contributed by atoms with Gasteiger partial charge in [-0.05, 0) is 0 Å². The van der Waals surface area contributed by atoms with Crippen LogP contribution < -0.4 is 0 Å². The zero-order valence-electron chi connectivity index (χ0n) is 12.2. The van der Waals surface area contributed by atoms with Crippen molar-refractivity contribution >= 4 is 18.7 Å². The minimum atomic E-state index is -2.73. The Hall–Kier alpha value is -0.421. The second-order valence-electron chi connectivity index (χ2n) is 5.07. The van der Waals surface area contributed by atoms with Gasteiger partial charge in [-0.15, -0.1) is 0 Å². The van der Waals surface area contributed by atoms with E-state index in [0.29, 0.717) is 0 Å². The molecule has 0 unspecified atom stereocenters. The van der Waals surface area contributed by atoms with Crippen molar-refractivity contribution in [3.05, 3.63) is 0 Å². The Balaban J connectivity index is 4.98. The van der Waals surface area contributed by atoms with Gasteiger partial charge in [0.2, 0.25) is 0 Å². The molecule has 0 spiro atoms. The first-order valence-corrected chi connectivity index (χ1v) is 14.6. The maximum absolute atomic E-state index is 9.27. The molecule has 18 heavy (non-hydrogen) atoms. The van der Waals surface area contributed by atoms with E-state index >= 15 is 0 Å². The van der Waals surface area contributed by atoms with Gasteiger partial charge >= 0.3 is 117 Å². The topological polar surface area (TPSA) is 50.8 Å². The summed E-state index contributed by atoms with van der Waals surface area (Å²) in [6.07, 6.45) is 11.4. The molecule has 0 aliphatic carbocycles. The molecule has 0 aromatic carbocycles. The van der Waals surface area contributed by atoms with E-state index in [-0.39, 0.29) is 0 Å². The fraction of sp³-hybridized carbons (Fsp3) is 0.857. The molecule has 0 aromatic rings. The third kappa shape index (κ3) is 5.48. The molecule has 0 atom stereocenters. The predicted octanol–water partition coefficient (Wildman–Crippen LogP) is 4.60. The number of nitrogens with zero attached hydrogens (tertiary/aromatic N) is 3. The second kappa shape index (κ2) is 10.5. The molecule has 0 fully saturated rings. The molecular weight excluding hydrogens is 329 g/mol. The average Bonchev–Trinajstić information content (AvgIpc) is 2.41. The molecule has 3 nitrogen and oxygen atoms in total. The number of hydrogen-bond donors (Lipinski definition) is 0. The molecule has 0 N–H and O–H groups in total. The van der Waals surface area contributed by atoms with Crippen LogP contribution in [-0.4, -0.2) is 21.8 Å². The first kappa shape index (κ1) is 17.6. The summed E-state index contributed by atoms with van der Waals surface area (Å²) in [5.74, 6) is 0. The standard InChI is InChI=1S/3C4H9.C2N3.Sn/c3*1-3-4-2;3-1-5-2-4;/h3*1,3-4H2,2H3;;/q;;;-1;+1. The Labute approximate surface area is 117 Å². The summed E-state index contributed by atoms with van der Waals surface area (Å²) in [5.41, 5.74) is 0. The summed E-state index contributed by atoms with van der Waals surface area (Å²) in [4.78, 5) is 0. The summed E-state index contributed by atoms with van der Waals surface area (Å²) >= 11 is -2.73. The van der Waals surface area contributed by atoms with E-state index in [4.69, 9.17) is 0 Å². The summed E-state index contributed by atoms with van der Waals surface area (Å²) in [5, 5.41) is 18.5. The Morgan fingerprint density at radius 2 is 1.11 bits per heavy atom. The van der Waals surface area contributed by atoms with Gasteiger partial charge < -0.3 is 0 Å². The molecule has 0 aliphatic heterocycles. The first-order chi connectivity index (χ1) is 8.70. The van der Waals surface area contributed by atoms with Crippen molar-refractivity contribution in [3.63, 3.8) is 0 Å². The Bertz CT molecular complexity index is 255. The normalized spacial score (nSPS) is 10.7. The maximum atomic E-state index is 9.27. The summed E-state index contributed by atoms with van der Waals surface area (Å²) in [7, 11) is 0. The number of rotatable bonds is 10. The number of nitriles is 2. The molecule has 0 bridgehead atoms. The molecule has 0 heterocycles. The van der Waals surface area contributed by atoms with Crippen LogP contribution >= 0.6 is 0 Å². The summed E-state index contributed by atoms with van der Waals surface area (Å²) in [6.45, 7) is 6.58. The van der Waals surface area contributed by atoms with Crippen LogP contribution in [0.15, 0.2) is 0 Å². The van der Waals surface area contributed by atoms with Crippen LogP contribution in [-0.2, 0) is 0 Å². The molecule has 0 radical (unpaired) electrons. The van der Waals surface area contributed by atoms with Crippen molar-refractivity contribution in [2.75, 3.05) is 0 Å².